The van der Waals surface area contributed by atoms with Crippen molar-refractivity contribution in [2.24, 2.45) is 10.9 Å². The number of hydrogen-bond acceptors (Lipinski definition) is 7. The fourth-order valence-electron chi connectivity index (χ4n) is 4.15. The van der Waals surface area contributed by atoms with E-state index in [1.807, 2.05) is 0 Å². The van der Waals surface area contributed by atoms with Gasteiger partial charge < -0.3 is 15.5 Å². The van der Waals surface area contributed by atoms with Crippen molar-refractivity contribution in [1.29, 1.82) is 0 Å². The summed E-state index contributed by atoms with van der Waals surface area (Å²) in [5.74, 6) is 3.46. The van der Waals surface area contributed by atoms with E-state index in [1.165, 1.54) is 25.1 Å². The maximum atomic E-state index is 13.9. The Hall–Kier alpha value is -3.92. The maximum Gasteiger partial charge on any atom is 0.347 e. The summed E-state index contributed by atoms with van der Waals surface area (Å²) in [5.41, 5.74) is 0.451. The molecular formula is C25H30ClN5O5. The SMILES string of the molecule is CCOC(=O)C[C@H](c1ccccc1)N(C(C)=O)N1C(=O)N(C)[C@](C)(c2ccc(C=NN)cc2)C1=O.Cl. The molecule has 192 valence electrons. The van der Waals surface area contributed by atoms with Gasteiger partial charge >= 0.3 is 12.0 Å². The molecule has 0 saturated carbocycles. The lowest BCUT2D eigenvalue weighted by Crippen LogP contribution is -2.52. The van der Waals surface area contributed by atoms with E-state index in [0.29, 0.717) is 11.1 Å². The normalized spacial score (nSPS) is 18.2. The topological polar surface area (TPSA) is 126 Å². The summed E-state index contributed by atoms with van der Waals surface area (Å²) in [7, 11) is 1.50. The van der Waals surface area contributed by atoms with Crippen molar-refractivity contribution in [2.45, 2.75) is 38.8 Å². The molecule has 0 bridgehead atoms. The minimum atomic E-state index is -1.39. The molecule has 36 heavy (non-hydrogen) atoms. The third kappa shape index (κ3) is 5.18. The van der Waals surface area contributed by atoms with Gasteiger partial charge in [-0.2, -0.15) is 10.1 Å². The number of halogens is 1. The largest absolute Gasteiger partial charge is 0.466 e. The molecule has 1 aliphatic rings. The number of imide groups is 1. The van der Waals surface area contributed by atoms with Crippen LogP contribution in [0.25, 0.3) is 0 Å². The molecule has 0 spiro atoms. The van der Waals surface area contributed by atoms with Crippen molar-refractivity contribution in [3.05, 3.63) is 71.3 Å². The number of hydrazine groups is 1. The molecule has 1 aliphatic heterocycles. The molecule has 11 heteroatoms. The lowest BCUT2D eigenvalue weighted by molar-refractivity contribution is -0.163. The molecule has 2 atom stereocenters. The Morgan fingerprint density at radius 1 is 1.14 bits per heavy atom. The average molecular weight is 516 g/mol. The van der Waals surface area contributed by atoms with Crippen LogP contribution in [0.1, 0.15) is 49.9 Å². The van der Waals surface area contributed by atoms with Gasteiger partial charge in [0.2, 0.25) is 5.91 Å². The number of ether oxygens (including phenoxy) is 1. The predicted octanol–water partition coefficient (Wildman–Crippen LogP) is 2.97. The van der Waals surface area contributed by atoms with Crippen LogP contribution in [-0.4, -0.2) is 58.6 Å². The van der Waals surface area contributed by atoms with Crippen LogP contribution < -0.4 is 5.84 Å². The van der Waals surface area contributed by atoms with E-state index in [4.69, 9.17) is 10.6 Å². The van der Waals surface area contributed by atoms with Crippen molar-refractivity contribution in [2.75, 3.05) is 13.7 Å². The summed E-state index contributed by atoms with van der Waals surface area (Å²) < 4.78 is 5.11. The van der Waals surface area contributed by atoms with Gasteiger partial charge in [0.15, 0.2) is 0 Å². The van der Waals surface area contributed by atoms with E-state index >= 15 is 0 Å². The summed E-state index contributed by atoms with van der Waals surface area (Å²) >= 11 is 0. The van der Waals surface area contributed by atoms with E-state index in [-0.39, 0.29) is 25.4 Å². The number of likely N-dealkylation sites (N-methyl/N-ethyl adjacent to an activating group) is 1. The van der Waals surface area contributed by atoms with Crippen LogP contribution in [0.2, 0.25) is 0 Å². The van der Waals surface area contributed by atoms with Gasteiger partial charge in [-0.05, 0) is 30.5 Å². The zero-order valence-electron chi connectivity index (χ0n) is 20.6. The molecule has 10 nitrogen and oxygen atoms in total. The van der Waals surface area contributed by atoms with Crippen LogP contribution in [0.4, 0.5) is 4.79 Å². The first-order valence-electron chi connectivity index (χ1n) is 11.1. The van der Waals surface area contributed by atoms with Gasteiger partial charge in [0, 0.05) is 14.0 Å². The van der Waals surface area contributed by atoms with Crippen molar-refractivity contribution in [3.63, 3.8) is 0 Å². The number of amides is 4. The first kappa shape index (κ1) is 28.3. The van der Waals surface area contributed by atoms with Gasteiger partial charge in [0.05, 0.1) is 25.3 Å². The number of rotatable bonds is 8. The summed E-state index contributed by atoms with van der Waals surface area (Å²) in [6.45, 7) is 4.70. The molecule has 0 radical (unpaired) electrons. The first-order chi connectivity index (χ1) is 16.7. The van der Waals surface area contributed by atoms with Crippen LogP contribution in [0, 0.1) is 0 Å². The number of hydrazone groups is 1. The van der Waals surface area contributed by atoms with E-state index in [1.54, 1.807) is 68.4 Å². The number of nitrogens with zero attached hydrogens (tertiary/aromatic N) is 4. The molecule has 0 unspecified atom stereocenters. The molecule has 0 aromatic heterocycles. The van der Waals surface area contributed by atoms with Gasteiger partial charge in [-0.1, -0.05) is 54.6 Å². The zero-order chi connectivity index (χ0) is 25.8. The zero-order valence-corrected chi connectivity index (χ0v) is 21.4. The van der Waals surface area contributed by atoms with Crippen molar-refractivity contribution in [1.82, 2.24) is 14.9 Å². The minimum Gasteiger partial charge on any atom is -0.466 e. The Balaban J connectivity index is 0.00000456. The van der Waals surface area contributed by atoms with E-state index in [9.17, 15) is 19.2 Å². The number of carbonyl (C=O) groups is 4. The monoisotopic (exact) mass is 515 g/mol. The van der Waals surface area contributed by atoms with Crippen LogP contribution in [0.3, 0.4) is 0 Å². The second-order valence-corrected chi connectivity index (χ2v) is 8.23. The average Bonchev–Trinajstić information content (AvgIpc) is 3.01. The van der Waals surface area contributed by atoms with E-state index < -0.39 is 35.4 Å². The highest BCUT2D eigenvalue weighted by Crippen LogP contribution is 2.39. The smallest absolute Gasteiger partial charge is 0.347 e. The number of urea groups is 1. The molecule has 4 amide bonds. The Labute approximate surface area is 216 Å². The molecular weight excluding hydrogens is 486 g/mol. The highest BCUT2D eigenvalue weighted by molar-refractivity contribution is 6.08. The standard InChI is InChI=1S/C25H29N5O5.ClH/c1-5-35-22(32)15-21(19-9-7-6-8-10-19)29(17(2)31)30-23(33)25(3,28(4)24(30)34)20-13-11-18(12-14-20)16-27-26;/h6-14,16,21H,5,15,26H2,1-4H3;1H/t21-,25-;/m1./s1. The van der Waals surface area contributed by atoms with Crippen LogP contribution in [0.5, 0.6) is 0 Å². The Kier molecular flexibility index (Phi) is 9.18. The lowest BCUT2D eigenvalue weighted by atomic mass is 9.90. The van der Waals surface area contributed by atoms with Crippen molar-refractivity contribution in [3.8, 4) is 0 Å². The number of nitrogens with two attached hydrogens (primary N) is 1. The first-order valence-corrected chi connectivity index (χ1v) is 11.1. The van der Waals surface area contributed by atoms with Crippen LogP contribution >= 0.6 is 12.4 Å². The molecule has 1 heterocycles. The second kappa shape index (κ2) is 11.7. The lowest BCUT2D eigenvalue weighted by Gasteiger charge is -2.35. The van der Waals surface area contributed by atoms with Gasteiger partial charge in [0.25, 0.3) is 5.91 Å². The Bertz CT molecular complexity index is 1140. The third-order valence-electron chi connectivity index (χ3n) is 6.13. The molecule has 1 fully saturated rings. The van der Waals surface area contributed by atoms with Crippen molar-refractivity contribution < 1.29 is 23.9 Å². The quantitative estimate of drug-likeness (QED) is 0.189. The highest BCUT2D eigenvalue weighted by Gasteiger charge is 2.57. The van der Waals surface area contributed by atoms with Gasteiger partial charge in [-0.3, -0.25) is 14.4 Å². The molecule has 2 aromatic carbocycles. The van der Waals surface area contributed by atoms with E-state index in [0.717, 1.165) is 15.6 Å². The van der Waals surface area contributed by atoms with Crippen molar-refractivity contribution >= 4 is 42.4 Å². The number of benzene rings is 2. The van der Waals surface area contributed by atoms with Crippen LogP contribution in [0.15, 0.2) is 59.7 Å². The van der Waals surface area contributed by atoms with Crippen LogP contribution in [-0.2, 0) is 24.7 Å². The maximum absolute atomic E-state index is 13.9. The highest BCUT2D eigenvalue weighted by atomic mass is 35.5. The summed E-state index contributed by atoms with van der Waals surface area (Å²) in [5, 5.41) is 5.36. The number of carbonyl (C=O) groups excluding carboxylic acids is 4. The third-order valence-corrected chi connectivity index (χ3v) is 6.13. The van der Waals surface area contributed by atoms with Gasteiger partial charge in [0.1, 0.15) is 5.54 Å². The summed E-state index contributed by atoms with van der Waals surface area (Å²) in [4.78, 5) is 54.0. The number of hydrogen-bond donors (Lipinski definition) is 1. The molecule has 1 saturated heterocycles. The molecule has 2 N–H and O–H groups in total. The second-order valence-electron chi connectivity index (χ2n) is 8.23. The fourth-order valence-corrected chi connectivity index (χ4v) is 4.15. The Morgan fingerprint density at radius 3 is 2.28 bits per heavy atom. The predicted molar refractivity (Wildman–Crippen MR) is 136 cm³/mol. The molecule has 3 rings (SSSR count). The fraction of sp³-hybridized carbons (Fsp3) is 0.320. The summed E-state index contributed by atoms with van der Waals surface area (Å²) in [6, 6.07) is 14.0. The Morgan fingerprint density at radius 2 is 1.75 bits per heavy atom. The number of esters is 1. The van der Waals surface area contributed by atoms with Gasteiger partial charge in [-0.15, -0.1) is 12.4 Å². The minimum absolute atomic E-state index is 0. The van der Waals surface area contributed by atoms with Gasteiger partial charge in [-0.25, -0.2) is 9.80 Å². The summed E-state index contributed by atoms with van der Waals surface area (Å²) in [6.07, 6.45) is 1.23. The van der Waals surface area contributed by atoms with E-state index in [2.05, 4.69) is 5.10 Å². The molecule has 2 aromatic rings. The molecule has 0 aliphatic carbocycles.